The summed E-state index contributed by atoms with van der Waals surface area (Å²) in [6.07, 6.45) is 0. The lowest BCUT2D eigenvalue weighted by atomic mass is 10.0. The van der Waals surface area contributed by atoms with Gasteiger partial charge in [0.05, 0.1) is 6.54 Å². The van der Waals surface area contributed by atoms with Crippen molar-refractivity contribution in [3.63, 3.8) is 0 Å². The highest BCUT2D eigenvalue weighted by molar-refractivity contribution is 7.91. The van der Waals surface area contributed by atoms with Gasteiger partial charge in [-0.15, -0.1) is 11.3 Å². The minimum atomic E-state index is -3.61. The third-order valence-corrected chi connectivity index (χ3v) is 7.19. The predicted molar refractivity (Wildman–Crippen MR) is 101 cm³/mol. The molecule has 0 aliphatic carbocycles. The quantitative estimate of drug-likeness (QED) is 0.741. The van der Waals surface area contributed by atoms with Gasteiger partial charge in [0, 0.05) is 20.6 Å². The highest BCUT2D eigenvalue weighted by Crippen LogP contribution is 2.20. The van der Waals surface area contributed by atoms with Crippen molar-refractivity contribution in [3.05, 3.63) is 52.9 Å². The number of hydrogen-bond donors (Lipinski definition) is 0. The van der Waals surface area contributed by atoms with Crippen molar-refractivity contribution in [2.24, 2.45) is 0 Å². The summed E-state index contributed by atoms with van der Waals surface area (Å²) >= 11 is 1.15. The molecule has 7 heteroatoms. The fourth-order valence-corrected chi connectivity index (χ4v) is 4.65. The molecule has 0 N–H and O–H groups in total. The molecule has 0 aliphatic heterocycles. The first-order valence-corrected chi connectivity index (χ1v) is 10.4. The number of rotatable bonds is 7. The molecule has 1 heterocycles. The van der Waals surface area contributed by atoms with Gasteiger partial charge >= 0.3 is 0 Å². The van der Waals surface area contributed by atoms with Gasteiger partial charge in [-0.2, -0.15) is 4.31 Å². The van der Waals surface area contributed by atoms with Crippen LogP contribution in [-0.4, -0.2) is 44.2 Å². The van der Waals surface area contributed by atoms with Crippen LogP contribution in [0, 0.1) is 0 Å². The van der Waals surface area contributed by atoms with Crippen LogP contribution in [0.5, 0.6) is 0 Å². The van der Waals surface area contributed by atoms with Gasteiger partial charge in [-0.3, -0.25) is 4.79 Å². The molecule has 0 saturated carbocycles. The zero-order chi connectivity index (χ0) is 18.6. The van der Waals surface area contributed by atoms with Gasteiger partial charge in [0.2, 0.25) is 5.91 Å². The van der Waals surface area contributed by atoms with Gasteiger partial charge in [-0.25, -0.2) is 8.42 Å². The maximum Gasteiger partial charge on any atom is 0.252 e. The fourth-order valence-electron chi connectivity index (χ4n) is 2.33. The average molecular weight is 381 g/mol. The number of benzene rings is 1. The van der Waals surface area contributed by atoms with Crippen LogP contribution in [-0.2, 0) is 21.4 Å². The number of hydrogen-bond acceptors (Lipinski definition) is 4. The van der Waals surface area contributed by atoms with Gasteiger partial charge in [0.15, 0.2) is 0 Å². The van der Waals surface area contributed by atoms with Crippen LogP contribution in [0.4, 0.5) is 0 Å². The zero-order valence-electron chi connectivity index (χ0n) is 15.0. The fraction of sp³-hybridized carbons (Fsp3) is 0.389. The number of carbonyl (C=O) groups is 1. The van der Waals surface area contributed by atoms with E-state index in [1.54, 1.807) is 29.5 Å². The van der Waals surface area contributed by atoms with Gasteiger partial charge in [0.1, 0.15) is 4.21 Å². The molecule has 136 valence electrons. The Hall–Kier alpha value is -1.70. The minimum absolute atomic E-state index is 0.180. The first-order valence-electron chi connectivity index (χ1n) is 8.04. The maximum absolute atomic E-state index is 12.4. The van der Waals surface area contributed by atoms with E-state index >= 15 is 0 Å². The van der Waals surface area contributed by atoms with Crippen LogP contribution < -0.4 is 0 Å². The van der Waals surface area contributed by atoms with Crippen molar-refractivity contribution in [1.82, 2.24) is 9.21 Å². The van der Waals surface area contributed by atoms with Crippen LogP contribution >= 0.6 is 11.3 Å². The van der Waals surface area contributed by atoms with Crippen molar-refractivity contribution < 1.29 is 13.2 Å². The van der Waals surface area contributed by atoms with E-state index in [1.165, 1.54) is 12.6 Å². The van der Waals surface area contributed by atoms with Gasteiger partial charge in [-0.1, -0.05) is 44.2 Å². The molecule has 0 unspecified atom stereocenters. The third-order valence-electron chi connectivity index (χ3n) is 4.01. The first-order chi connectivity index (χ1) is 11.7. The molecule has 0 atom stereocenters. The summed E-state index contributed by atoms with van der Waals surface area (Å²) in [7, 11) is -0.494. The van der Waals surface area contributed by atoms with E-state index in [4.69, 9.17) is 0 Å². The molecule has 0 spiro atoms. The number of sulfonamides is 1. The summed E-state index contributed by atoms with van der Waals surface area (Å²) in [4.78, 5) is 13.9. The largest absolute Gasteiger partial charge is 0.340 e. The van der Waals surface area contributed by atoms with E-state index in [1.807, 2.05) is 12.1 Å². The summed E-state index contributed by atoms with van der Waals surface area (Å²) in [5.41, 5.74) is 2.27. The molecule has 0 radical (unpaired) electrons. The number of thiophene rings is 1. The van der Waals surface area contributed by atoms with Crippen molar-refractivity contribution in [3.8, 4) is 0 Å². The van der Waals surface area contributed by atoms with Gasteiger partial charge < -0.3 is 4.90 Å². The van der Waals surface area contributed by atoms with E-state index in [0.717, 1.165) is 21.2 Å². The lowest BCUT2D eigenvalue weighted by Gasteiger charge is -2.21. The second kappa shape index (κ2) is 8.12. The molecule has 2 aromatic rings. The number of carbonyl (C=O) groups excluding carboxylic acids is 1. The van der Waals surface area contributed by atoms with Crippen molar-refractivity contribution in [2.75, 3.05) is 20.6 Å². The first kappa shape index (κ1) is 19.6. The zero-order valence-corrected chi connectivity index (χ0v) is 16.6. The van der Waals surface area contributed by atoms with E-state index in [-0.39, 0.29) is 16.7 Å². The van der Waals surface area contributed by atoms with Crippen LogP contribution in [0.15, 0.2) is 46.0 Å². The summed E-state index contributed by atoms with van der Waals surface area (Å²) in [5, 5.41) is 1.70. The van der Waals surface area contributed by atoms with E-state index in [2.05, 4.69) is 26.0 Å². The Morgan fingerprint density at radius 2 is 1.76 bits per heavy atom. The van der Waals surface area contributed by atoms with E-state index in [0.29, 0.717) is 12.5 Å². The molecular formula is C18H24N2O3S2. The Balaban J connectivity index is 1.98. The maximum atomic E-state index is 12.4. The molecule has 0 saturated heterocycles. The second-order valence-electron chi connectivity index (χ2n) is 6.34. The van der Waals surface area contributed by atoms with E-state index in [9.17, 15) is 13.2 Å². The molecule has 1 amide bonds. The number of likely N-dealkylation sites (N-methyl/N-ethyl adjacent to an activating group) is 2. The van der Waals surface area contributed by atoms with Crippen molar-refractivity contribution in [1.29, 1.82) is 0 Å². The van der Waals surface area contributed by atoms with Crippen molar-refractivity contribution in [2.45, 2.75) is 30.5 Å². The highest BCUT2D eigenvalue weighted by atomic mass is 32.2. The Kier molecular flexibility index (Phi) is 6.37. The molecule has 0 aliphatic rings. The topological polar surface area (TPSA) is 57.7 Å². The number of nitrogens with zero attached hydrogens (tertiary/aromatic N) is 2. The SMILES string of the molecule is CC(C)c1ccc(CN(C)C(=O)CN(C)S(=O)(=O)c2cccs2)cc1. The Morgan fingerprint density at radius 1 is 1.12 bits per heavy atom. The second-order valence-corrected chi connectivity index (χ2v) is 9.56. The summed E-state index contributed by atoms with van der Waals surface area (Å²) in [6, 6.07) is 11.4. The lowest BCUT2D eigenvalue weighted by Crippen LogP contribution is -2.38. The highest BCUT2D eigenvalue weighted by Gasteiger charge is 2.25. The summed E-state index contributed by atoms with van der Waals surface area (Å²) in [6.45, 7) is 4.54. The molecule has 0 fully saturated rings. The Bertz CT molecular complexity index is 797. The van der Waals surface area contributed by atoms with E-state index < -0.39 is 10.0 Å². The average Bonchev–Trinajstić information content (AvgIpc) is 3.10. The van der Waals surface area contributed by atoms with Crippen LogP contribution in [0.2, 0.25) is 0 Å². The monoisotopic (exact) mass is 380 g/mol. The predicted octanol–water partition coefficient (Wildman–Crippen LogP) is 3.15. The van der Waals surface area contributed by atoms with Crippen LogP contribution in [0.1, 0.15) is 30.9 Å². The Morgan fingerprint density at radius 3 is 2.28 bits per heavy atom. The van der Waals surface area contributed by atoms with Crippen molar-refractivity contribution >= 4 is 27.3 Å². The Labute approximate surface area is 153 Å². The van der Waals surface area contributed by atoms with Crippen LogP contribution in [0.3, 0.4) is 0 Å². The summed E-state index contributed by atoms with van der Waals surface area (Å²) < 4.78 is 26.1. The molecule has 5 nitrogen and oxygen atoms in total. The molecule has 1 aromatic carbocycles. The molecular weight excluding hydrogens is 356 g/mol. The normalized spacial score (nSPS) is 11.9. The molecule has 0 bridgehead atoms. The molecule has 2 rings (SSSR count). The standard InChI is InChI=1S/C18H24N2O3S2/c1-14(2)16-9-7-15(8-10-16)12-19(3)17(21)13-20(4)25(22,23)18-6-5-11-24-18/h5-11,14H,12-13H2,1-4H3. The minimum Gasteiger partial charge on any atom is -0.340 e. The molecule has 25 heavy (non-hydrogen) atoms. The number of amides is 1. The molecule has 1 aromatic heterocycles. The van der Waals surface area contributed by atoms with Gasteiger partial charge in [-0.05, 0) is 28.5 Å². The summed E-state index contributed by atoms with van der Waals surface area (Å²) in [5.74, 6) is 0.222. The lowest BCUT2D eigenvalue weighted by molar-refractivity contribution is -0.130. The van der Waals surface area contributed by atoms with Crippen LogP contribution in [0.25, 0.3) is 0 Å². The smallest absolute Gasteiger partial charge is 0.252 e. The van der Waals surface area contributed by atoms with Gasteiger partial charge in [0.25, 0.3) is 10.0 Å². The third kappa shape index (κ3) is 4.90.